The van der Waals surface area contributed by atoms with Crippen LogP contribution in [0.2, 0.25) is 0 Å². The Bertz CT molecular complexity index is 1260. The van der Waals surface area contributed by atoms with Crippen LogP contribution in [0.3, 0.4) is 0 Å². The predicted octanol–water partition coefficient (Wildman–Crippen LogP) is 3.96. The first kappa shape index (κ1) is 25.9. The molecule has 0 unspecified atom stereocenters. The molecule has 3 aromatic rings. The Kier molecular flexibility index (Phi) is 7.22. The first-order valence-electron chi connectivity index (χ1n) is 12.5. The molecule has 1 saturated heterocycles. The first-order valence-corrected chi connectivity index (χ1v) is 12.5. The van der Waals surface area contributed by atoms with E-state index in [1.807, 2.05) is 45.8 Å². The van der Waals surface area contributed by atoms with Gasteiger partial charge in [0.1, 0.15) is 11.5 Å². The van der Waals surface area contributed by atoms with Gasteiger partial charge in [-0.15, -0.1) is 0 Å². The molecule has 0 spiro atoms. The topological polar surface area (TPSA) is 105 Å². The predicted molar refractivity (Wildman–Crippen MR) is 138 cm³/mol. The van der Waals surface area contributed by atoms with Crippen LogP contribution in [0.15, 0.2) is 21.1 Å². The van der Waals surface area contributed by atoms with Crippen LogP contribution in [0, 0.1) is 32.1 Å². The third-order valence-electron chi connectivity index (χ3n) is 6.80. The van der Waals surface area contributed by atoms with Crippen LogP contribution in [-0.2, 0) is 4.79 Å². The Balaban J connectivity index is 1.48. The van der Waals surface area contributed by atoms with E-state index < -0.39 is 0 Å². The molecule has 9 heteroatoms. The normalized spacial score (nSPS) is 15.2. The minimum atomic E-state index is -0.0983. The number of nitrogens with one attached hydrogen (secondary N) is 1. The molecule has 1 aliphatic rings. The number of rotatable bonds is 7. The number of amides is 2. The number of carbonyl (C=O) groups excluding carboxylic acids is 2. The summed E-state index contributed by atoms with van der Waals surface area (Å²) in [6.07, 6.45) is 1.27. The Labute approximate surface area is 212 Å². The van der Waals surface area contributed by atoms with E-state index in [2.05, 4.69) is 34.2 Å². The number of hydrogen-bond acceptors (Lipinski definition) is 7. The maximum Gasteiger partial charge on any atom is 0.259 e. The zero-order valence-corrected chi connectivity index (χ0v) is 22.4. The molecule has 0 aliphatic carbocycles. The molecule has 0 atom stereocenters. The molecule has 1 N–H and O–H groups in total. The van der Waals surface area contributed by atoms with Gasteiger partial charge in [0.2, 0.25) is 5.91 Å². The van der Waals surface area contributed by atoms with Gasteiger partial charge in [-0.25, -0.2) is 4.98 Å². The highest BCUT2D eigenvalue weighted by Crippen LogP contribution is 2.32. The van der Waals surface area contributed by atoms with Crippen molar-refractivity contribution in [2.45, 2.75) is 47.5 Å². The lowest BCUT2D eigenvalue weighted by molar-refractivity contribution is -0.126. The molecule has 1 aliphatic heterocycles. The van der Waals surface area contributed by atoms with Crippen molar-refractivity contribution in [3.63, 3.8) is 0 Å². The van der Waals surface area contributed by atoms with E-state index in [9.17, 15) is 9.59 Å². The highest BCUT2D eigenvalue weighted by Gasteiger charge is 2.31. The van der Waals surface area contributed by atoms with Crippen LogP contribution in [0.4, 0.5) is 0 Å². The van der Waals surface area contributed by atoms with Gasteiger partial charge in [-0.3, -0.25) is 9.59 Å². The van der Waals surface area contributed by atoms with Gasteiger partial charge < -0.3 is 24.1 Å². The molecular formula is C27H37N5O4. The monoisotopic (exact) mass is 495 g/mol. The molecule has 4 rings (SSSR count). The highest BCUT2D eigenvalue weighted by atomic mass is 16.5. The van der Waals surface area contributed by atoms with E-state index in [4.69, 9.17) is 8.94 Å². The number of pyridine rings is 1. The fraction of sp³-hybridized carbons (Fsp3) is 0.556. The summed E-state index contributed by atoms with van der Waals surface area (Å²) in [5.41, 5.74) is 2.91. The van der Waals surface area contributed by atoms with Gasteiger partial charge >= 0.3 is 0 Å². The maximum absolute atomic E-state index is 13.7. The van der Waals surface area contributed by atoms with E-state index in [1.54, 1.807) is 6.07 Å². The molecule has 36 heavy (non-hydrogen) atoms. The minimum Gasteiger partial charge on any atom is -0.466 e. The molecule has 2 amide bonds. The zero-order chi connectivity index (χ0) is 26.2. The average Bonchev–Trinajstić information content (AvgIpc) is 3.36. The van der Waals surface area contributed by atoms with Crippen molar-refractivity contribution in [3.8, 4) is 11.3 Å². The third kappa shape index (κ3) is 5.46. The third-order valence-corrected chi connectivity index (χ3v) is 6.80. The summed E-state index contributed by atoms with van der Waals surface area (Å²) < 4.78 is 11.1. The second-order valence-electron chi connectivity index (χ2n) is 11.0. The van der Waals surface area contributed by atoms with Crippen LogP contribution >= 0.6 is 0 Å². The summed E-state index contributed by atoms with van der Waals surface area (Å²) in [5.74, 6) is 1.39. The number of furan rings is 1. The number of likely N-dealkylation sites (tertiary alicyclic amines) is 1. The zero-order valence-electron chi connectivity index (χ0n) is 22.4. The van der Waals surface area contributed by atoms with Gasteiger partial charge in [-0.1, -0.05) is 19.0 Å². The number of piperidine rings is 1. The van der Waals surface area contributed by atoms with E-state index in [-0.39, 0.29) is 23.1 Å². The summed E-state index contributed by atoms with van der Waals surface area (Å²) in [6.45, 7) is 12.4. The van der Waals surface area contributed by atoms with Gasteiger partial charge in [-0.2, -0.15) is 0 Å². The van der Waals surface area contributed by atoms with Gasteiger partial charge in [0.25, 0.3) is 11.6 Å². The number of hydrogen-bond donors (Lipinski definition) is 1. The van der Waals surface area contributed by atoms with Crippen LogP contribution in [0.25, 0.3) is 22.4 Å². The standard InChI is InChI=1S/C27H37N5O4/c1-16-12-20(18(3)35-16)22-13-21(23-17(2)30-36-25(23)29-22)26(34)32-10-8-19(9-11-32)24(33)28-14-27(4,5)15-31(6)7/h12-13,19H,8-11,14-15H2,1-7H3,(H,28,33). The first-order chi connectivity index (χ1) is 16.9. The second kappa shape index (κ2) is 10.0. The molecule has 0 radical (unpaired) electrons. The summed E-state index contributed by atoms with van der Waals surface area (Å²) in [7, 11) is 4.07. The summed E-state index contributed by atoms with van der Waals surface area (Å²) in [5, 5.41) is 7.81. The van der Waals surface area contributed by atoms with E-state index >= 15 is 0 Å². The molecule has 3 aromatic heterocycles. The van der Waals surface area contributed by atoms with Crippen molar-refractivity contribution in [2.75, 3.05) is 40.3 Å². The molecule has 4 heterocycles. The number of aryl methyl sites for hydroxylation is 3. The Hall–Kier alpha value is -3.20. The average molecular weight is 496 g/mol. The SMILES string of the molecule is Cc1cc(-c2cc(C(=O)N3CCC(C(=O)NCC(C)(C)CN(C)C)CC3)c3c(C)noc3n2)c(C)o1. The van der Waals surface area contributed by atoms with Gasteiger partial charge in [0.15, 0.2) is 0 Å². The van der Waals surface area contributed by atoms with E-state index in [0.717, 1.165) is 23.6 Å². The highest BCUT2D eigenvalue weighted by molar-refractivity contribution is 6.07. The number of fused-ring (bicyclic) bond motifs is 1. The smallest absolute Gasteiger partial charge is 0.259 e. The number of aromatic nitrogens is 2. The largest absolute Gasteiger partial charge is 0.466 e. The van der Waals surface area contributed by atoms with Crippen molar-refractivity contribution >= 4 is 22.9 Å². The molecule has 0 saturated carbocycles. The van der Waals surface area contributed by atoms with E-state index in [1.165, 1.54) is 0 Å². The van der Waals surface area contributed by atoms with Gasteiger partial charge in [0.05, 0.1) is 22.3 Å². The van der Waals surface area contributed by atoms with Crippen molar-refractivity contribution in [3.05, 3.63) is 34.9 Å². The second-order valence-corrected chi connectivity index (χ2v) is 11.0. The van der Waals surface area contributed by atoms with Crippen LogP contribution < -0.4 is 5.32 Å². The maximum atomic E-state index is 13.7. The fourth-order valence-corrected chi connectivity index (χ4v) is 5.18. The molecule has 9 nitrogen and oxygen atoms in total. The van der Waals surface area contributed by atoms with Gasteiger partial charge in [-0.05, 0) is 65.3 Å². The summed E-state index contributed by atoms with van der Waals surface area (Å²) >= 11 is 0. The molecule has 0 bridgehead atoms. The fourth-order valence-electron chi connectivity index (χ4n) is 5.18. The van der Waals surface area contributed by atoms with Crippen LogP contribution in [0.5, 0.6) is 0 Å². The van der Waals surface area contributed by atoms with Gasteiger partial charge in [0, 0.05) is 37.7 Å². The van der Waals surface area contributed by atoms with Crippen molar-refractivity contribution in [1.82, 2.24) is 25.3 Å². The lowest BCUT2D eigenvalue weighted by atomic mass is 9.91. The minimum absolute atomic E-state index is 0.0113. The van der Waals surface area contributed by atoms with E-state index in [0.29, 0.717) is 60.5 Å². The Morgan fingerprint density at radius 1 is 1.17 bits per heavy atom. The molecule has 194 valence electrons. The molecule has 0 aromatic carbocycles. The van der Waals surface area contributed by atoms with Crippen molar-refractivity contribution in [1.29, 1.82) is 0 Å². The number of nitrogens with zero attached hydrogens (tertiary/aromatic N) is 4. The lowest BCUT2D eigenvalue weighted by Crippen LogP contribution is -2.46. The Morgan fingerprint density at radius 3 is 2.47 bits per heavy atom. The van der Waals surface area contributed by atoms with Crippen LogP contribution in [0.1, 0.15) is 54.3 Å². The molecular weight excluding hydrogens is 458 g/mol. The summed E-state index contributed by atoms with van der Waals surface area (Å²) in [6, 6.07) is 3.71. The number of carbonyl (C=O) groups is 2. The van der Waals surface area contributed by atoms with Crippen LogP contribution in [-0.4, -0.2) is 72.0 Å². The van der Waals surface area contributed by atoms with Crippen molar-refractivity contribution < 1.29 is 18.5 Å². The van der Waals surface area contributed by atoms with Crippen molar-refractivity contribution in [2.24, 2.45) is 11.3 Å². The lowest BCUT2D eigenvalue weighted by Gasteiger charge is -2.33. The summed E-state index contributed by atoms with van der Waals surface area (Å²) in [4.78, 5) is 35.1. The Morgan fingerprint density at radius 2 is 1.86 bits per heavy atom. The molecule has 1 fully saturated rings. The quantitative estimate of drug-likeness (QED) is 0.529.